The highest BCUT2D eigenvalue weighted by atomic mass is 32.1. The average Bonchev–Trinajstić information content (AvgIpc) is 2.90. The van der Waals surface area contributed by atoms with Crippen LogP contribution in [0.2, 0.25) is 0 Å². The SMILES string of the molecule is CC(C)(C)c1nnc2sc(-c3ccc(O)c(N)c3)nn12. The number of nitrogens with two attached hydrogens (primary N) is 1. The first-order valence-corrected chi connectivity index (χ1v) is 6.99. The van der Waals surface area contributed by atoms with E-state index in [2.05, 4.69) is 36.1 Å². The van der Waals surface area contributed by atoms with Crippen molar-refractivity contribution in [3.8, 4) is 16.3 Å². The molecule has 0 spiro atoms. The zero-order valence-corrected chi connectivity index (χ0v) is 12.3. The lowest BCUT2D eigenvalue weighted by atomic mass is 9.96. The van der Waals surface area contributed by atoms with Gasteiger partial charge in [-0.15, -0.1) is 10.2 Å². The van der Waals surface area contributed by atoms with Gasteiger partial charge in [0, 0.05) is 11.0 Å². The van der Waals surface area contributed by atoms with Crippen LogP contribution in [-0.2, 0) is 5.41 Å². The zero-order chi connectivity index (χ0) is 14.5. The Bertz CT molecular complexity index is 784. The van der Waals surface area contributed by atoms with Crippen LogP contribution >= 0.6 is 11.3 Å². The molecule has 3 N–H and O–H groups in total. The number of rotatable bonds is 1. The molecular formula is C13H15N5OS. The van der Waals surface area contributed by atoms with Crippen LogP contribution in [-0.4, -0.2) is 24.9 Å². The van der Waals surface area contributed by atoms with Gasteiger partial charge in [0.25, 0.3) is 0 Å². The summed E-state index contributed by atoms with van der Waals surface area (Å²) in [4.78, 5) is 0.747. The van der Waals surface area contributed by atoms with E-state index in [0.717, 1.165) is 21.4 Å². The maximum absolute atomic E-state index is 9.47. The Kier molecular flexibility index (Phi) is 2.68. The van der Waals surface area contributed by atoms with Gasteiger partial charge in [-0.3, -0.25) is 0 Å². The molecule has 0 unspecified atom stereocenters. The number of anilines is 1. The summed E-state index contributed by atoms with van der Waals surface area (Å²) in [7, 11) is 0. The number of fused-ring (bicyclic) bond motifs is 1. The van der Waals surface area contributed by atoms with Crippen molar-refractivity contribution in [2.24, 2.45) is 0 Å². The third-order valence-corrected chi connectivity index (χ3v) is 3.88. The van der Waals surface area contributed by atoms with Gasteiger partial charge in [-0.05, 0) is 18.2 Å². The van der Waals surface area contributed by atoms with Gasteiger partial charge in [0.05, 0.1) is 5.69 Å². The van der Waals surface area contributed by atoms with Gasteiger partial charge < -0.3 is 10.8 Å². The molecule has 0 saturated heterocycles. The topological polar surface area (TPSA) is 89.3 Å². The second-order valence-corrected chi connectivity index (χ2v) is 6.60. The van der Waals surface area contributed by atoms with Crippen molar-refractivity contribution in [3.63, 3.8) is 0 Å². The van der Waals surface area contributed by atoms with E-state index >= 15 is 0 Å². The molecule has 0 bridgehead atoms. The first-order valence-electron chi connectivity index (χ1n) is 6.18. The smallest absolute Gasteiger partial charge is 0.235 e. The summed E-state index contributed by atoms with van der Waals surface area (Å²) in [6.07, 6.45) is 0. The highest BCUT2D eigenvalue weighted by Crippen LogP contribution is 2.31. The van der Waals surface area contributed by atoms with Crippen LogP contribution in [0, 0.1) is 0 Å². The molecule has 1 aromatic carbocycles. The molecule has 0 aliphatic carbocycles. The van der Waals surface area contributed by atoms with Gasteiger partial charge >= 0.3 is 0 Å². The largest absolute Gasteiger partial charge is 0.506 e. The maximum atomic E-state index is 9.47. The maximum Gasteiger partial charge on any atom is 0.235 e. The Morgan fingerprint density at radius 2 is 2.00 bits per heavy atom. The van der Waals surface area contributed by atoms with Crippen LogP contribution in [0.3, 0.4) is 0 Å². The molecule has 2 heterocycles. The molecule has 0 amide bonds. The highest BCUT2D eigenvalue weighted by molar-refractivity contribution is 7.19. The van der Waals surface area contributed by atoms with Gasteiger partial charge in [0.15, 0.2) is 5.82 Å². The van der Waals surface area contributed by atoms with Crippen LogP contribution in [0.4, 0.5) is 5.69 Å². The number of nitrogens with zero attached hydrogens (tertiary/aromatic N) is 4. The molecule has 6 nitrogen and oxygen atoms in total. The van der Waals surface area contributed by atoms with Crippen molar-refractivity contribution in [2.45, 2.75) is 26.2 Å². The van der Waals surface area contributed by atoms with Crippen LogP contribution in [0.15, 0.2) is 18.2 Å². The first-order chi connectivity index (χ1) is 9.36. The minimum absolute atomic E-state index is 0.0760. The van der Waals surface area contributed by atoms with E-state index in [9.17, 15) is 5.11 Å². The fourth-order valence-electron chi connectivity index (χ4n) is 1.89. The minimum Gasteiger partial charge on any atom is -0.506 e. The second kappa shape index (κ2) is 4.17. The van der Waals surface area contributed by atoms with Gasteiger partial charge in [-0.25, -0.2) is 0 Å². The van der Waals surface area contributed by atoms with Crippen LogP contribution in [0.25, 0.3) is 15.5 Å². The van der Waals surface area contributed by atoms with Crippen molar-refractivity contribution in [1.29, 1.82) is 0 Å². The zero-order valence-electron chi connectivity index (χ0n) is 11.5. The lowest BCUT2D eigenvalue weighted by molar-refractivity contribution is 0.478. The van der Waals surface area contributed by atoms with E-state index in [-0.39, 0.29) is 11.2 Å². The molecular weight excluding hydrogens is 274 g/mol. The van der Waals surface area contributed by atoms with Crippen LogP contribution in [0.5, 0.6) is 5.75 Å². The summed E-state index contributed by atoms with van der Waals surface area (Å²) in [5.74, 6) is 0.897. The molecule has 0 saturated carbocycles. The van der Waals surface area contributed by atoms with E-state index < -0.39 is 0 Å². The standard InChI is InChI=1S/C13H15N5OS/c1-13(2,3)11-15-16-12-18(11)17-10(20-12)7-4-5-9(19)8(14)6-7/h4-6,19H,14H2,1-3H3. The molecule has 3 aromatic rings. The Morgan fingerprint density at radius 1 is 1.25 bits per heavy atom. The van der Waals surface area contributed by atoms with Gasteiger partial charge in [-0.2, -0.15) is 9.61 Å². The minimum atomic E-state index is -0.126. The van der Waals surface area contributed by atoms with Crippen molar-refractivity contribution in [2.75, 3.05) is 5.73 Å². The van der Waals surface area contributed by atoms with E-state index in [1.807, 2.05) is 0 Å². The lowest BCUT2D eigenvalue weighted by Crippen LogP contribution is -2.16. The van der Waals surface area contributed by atoms with Gasteiger partial charge in [0.2, 0.25) is 4.96 Å². The van der Waals surface area contributed by atoms with E-state index in [4.69, 9.17) is 5.73 Å². The second-order valence-electron chi connectivity index (χ2n) is 5.65. The molecule has 20 heavy (non-hydrogen) atoms. The number of aromatic hydroxyl groups is 1. The third-order valence-electron chi connectivity index (χ3n) is 2.94. The highest BCUT2D eigenvalue weighted by Gasteiger charge is 2.23. The van der Waals surface area contributed by atoms with Gasteiger partial charge in [0.1, 0.15) is 10.8 Å². The average molecular weight is 289 g/mol. The number of phenolic OH excluding ortho intramolecular Hbond substituents is 1. The van der Waals surface area contributed by atoms with Crippen molar-refractivity contribution in [1.82, 2.24) is 19.8 Å². The number of benzene rings is 1. The molecule has 0 radical (unpaired) electrons. The summed E-state index contributed by atoms with van der Waals surface area (Å²) in [5, 5.41) is 23.2. The fourth-order valence-corrected chi connectivity index (χ4v) is 2.72. The third kappa shape index (κ3) is 2.00. The Labute approximate surface area is 119 Å². The molecule has 7 heteroatoms. The summed E-state index contributed by atoms with van der Waals surface area (Å²) >= 11 is 1.44. The molecule has 3 rings (SSSR count). The van der Waals surface area contributed by atoms with Crippen LogP contribution in [0.1, 0.15) is 26.6 Å². The predicted molar refractivity (Wildman–Crippen MR) is 78.9 cm³/mol. The molecule has 0 aliphatic heterocycles. The van der Waals surface area contributed by atoms with Crippen molar-refractivity contribution >= 4 is 22.0 Å². The monoisotopic (exact) mass is 289 g/mol. The lowest BCUT2D eigenvalue weighted by Gasteiger charge is -2.13. The number of hydrogen-bond donors (Lipinski definition) is 2. The molecule has 0 atom stereocenters. The number of phenols is 1. The normalized spacial score (nSPS) is 12.2. The Hall–Kier alpha value is -2.15. The van der Waals surface area contributed by atoms with E-state index in [1.54, 1.807) is 22.7 Å². The summed E-state index contributed by atoms with van der Waals surface area (Å²) in [5.41, 5.74) is 6.79. The number of nitrogen functional groups attached to an aromatic ring is 1. The van der Waals surface area contributed by atoms with Crippen LogP contribution < -0.4 is 5.73 Å². The Balaban J connectivity index is 2.14. The molecule has 0 aliphatic rings. The molecule has 0 fully saturated rings. The molecule has 2 aromatic heterocycles. The first kappa shape index (κ1) is 12.9. The number of hydrogen-bond acceptors (Lipinski definition) is 6. The quantitative estimate of drug-likeness (QED) is 0.530. The molecule has 104 valence electrons. The summed E-state index contributed by atoms with van der Waals surface area (Å²) < 4.78 is 1.77. The van der Waals surface area contributed by atoms with Gasteiger partial charge in [-0.1, -0.05) is 32.1 Å². The summed E-state index contributed by atoms with van der Waals surface area (Å²) in [6.45, 7) is 6.21. The number of aromatic nitrogens is 4. The van der Waals surface area contributed by atoms with Crippen molar-refractivity contribution in [3.05, 3.63) is 24.0 Å². The summed E-state index contributed by atoms with van der Waals surface area (Å²) in [6, 6.07) is 5.06. The van der Waals surface area contributed by atoms with Crippen molar-refractivity contribution < 1.29 is 5.11 Å². The Morgan fingerprint density at radius 3 is 2.65 bits per heavy atom. The van der Waals surface area contributed by atoms with E-state index in [0.29, 0.717) is 5.69 Å². The van der Waals surface area contributed by atoms with E-state index in [1.165, 1.54) is 11.3 Å². The fraction of sp³-hybridized carbons (Fsp3) is 0.308. The predicted octanol–water partition coefficient (Wildman–Crippen LogP) is 2.44.